The van der Waals surface area contributed by atoms with Crippen molar-refractivity contribution in [2.75, 3.05) is 0 Å². The molecule has 196 valence electrons. The highest BCUT2D eigenvalue weighted by atomic mass is 32.1. The Labute approximate surface area is 228 Å². The Morgan fingerprint density at radius 2 is 1.79 bits per heavy atom. The van der Waals surface area contributed by atoms with E-state index in [4.69, 9.17) is 4.52 Å². The molecule has 0 aliphatic heterocycles. The van der Waals surface area contributed by atoms with E-state index in [0.717, 1.165) is 21.6 Å². The van der Waals surface area contributed by atoms with Crippen LogP contribution in [0.25, 0.3) is 33.3 Å². The van der Waals surface area contributed by atoms with Gasteiger partial charge in [-0.1, -0.05) is 41.1 Å². The molecule has 0 aliphatic rings. The predicted molar refractivity (Wildman–Crippen MR) is 147 cm³/mol. The van der Waals surface area contributed by atoms with Crippen molar-refractivity contribution in [1.82, 2.24) is 15.5 Å². The molecule has 0 saturated carbocycles. The number of hydrogen-bond acceptors (Lipinski definition) is 6. The van der Waals surface area contributed by atoms with Crippen LogP contribution in [0.5, 0.6) is 0 Å². The van der Waals surface area contributed by atoms with Gasteiger partial charge in [0.25, 0.3) is 11.8 Å². The maximum absolute atomic E-state index is 15.0. The zero-order chi connectivity index (χ0) is 27.5. The summed E-state index contributed by atoms with van der Waals surface area (Å²) < 4.78 is 20.3. The summed E-state index contributed by atoms with van der Waals surface area (Å²) in [6.07, 6.45) is -0.108. The first kappa shape index (κ1) is 26.0. The summed E-state index contributed by atoms with van der Waals surface area (Å²) >= 11 is 1.57. The number of amides is 1. The van der Waals surface area contributed by atoms with Crippen LogP contribution in [-0.4, -0.2) is 33.2 Å². The third-order valence-electron chi connectivity index (χ3n) is 6.18. The molecule has 2 heterocycles. The van der Waals surface area contributed by atoms with E-state index in [-0.39, 0.29) is 23.7 Å². The van der Waals surface area contributed by atoms with Crippen molar-refractivity contribution in [3.8, 4) is 33.3 Å². The van der Waals surface area contributed by atoms with Crippen molar-refractivity contribution in [2.24, 2.45) is 0 Å². The number of nitrogens with one attached hydrogen (secondary N) is 1. The van der Waals surface area contributed by atoms with Crippen LogP contribution >= 0.6 is 11.3 Å². The van der Waals surface area contributed by atoms with E-state index in [1.165, 1.54) is 12.1 Å². The molecule has 0 fully saturated rings. The molecule has 5 aromatic rings. The minimum absolute atomic E-state index is 0.0820. The standard InChI is InChI=1S/C30H24FN3O4S/c1-17-6-9-20(10-7-17)29-33-27(34-38-29)23-11-8-19(13-24(23)31)14-25(30(36)37)32-28(35)22-5-3-4-21(15-22)26-12-18(2)16-39-26/h3-13,15-16,25H,14H2,1-2H3,(H,32,35)(H,36,37)/t25-/m1/s1. The smallest absolute Gasteiger partial charge is 0.326 e. The minimum Gasteiger partial charge on any atom is -0.480 e. The minimum atomic E-state index is -1.26. The Hall–Kier alpha value is -4.63. The van der Waals surface area contributed by atoms with Gasteiger partial charge in [-0.05, 0) is 78.4 Å². The molecule has 5 rings (SSSR count). The van der Waals surface area contributed by atoms with Gasteiger partial charge in [-0.3, -0.25) is 4.79 Å². The van der Waals surface area contributed by atoms with Gasteiger partial charge in [0.1, 0.15) is 11.9 Å². The van der Waals surface area contributed by atoms with E-state index >= 15 is 4.39 Å². The summed E-state index contributed by atoms with van der Waals surface area (Å²) in [4.78, 5) is 30.2. The number of benzene rings is 3. The first-order chi connectivity index (χ1) is 18.8. The fraction of sp³-hybridized carbons (Fsp3) is 0.133. The topological polar surface area (TPSA) is 105 Å². The average molecular weight is 542 g/mol. The number of carboxylic acids is 1. The van der Waals surface area contributed by atoms with E-state index in [0.29, 0.717) is 16.7 Å². The molecule has 3 aromatic carbocycles. The number of thiophene rings is 1. The number of carbonyl (C=O) groups is 2. The summed E-state index contributed by atoms with van der Waals surface area (Å²) in [7, 11) is 0. The number of aryl methyl sites for hydroxylation is 2. The number of carboxylic acid groups (broad SMARTS) is 1. The van der Waals surface area contributed by atoms with Crippen molar-refractivity contribution in [3.05, 3.63) is 106 Å². The van der Waals surface area contributed by atoms with E-state index in [2.05, 4.69) is 15.5 Å². The van der Waals surface area contributed by atoms with Gasteiger partial charge >= 0.3 is 5.97 Å². The average Bonchev–Trinajstić information content (AvgIpc) is 3.58. The van der Waals surface area contributed by atoms with Crippen LogP contribution in [0.1, 0.15) is 27.0 Å². The van der Waals surface area contributed by atoms with Crippen LogP contribution in [0.3, 0.4) is 0 Å². The van der Waals surface area contributed by atoms with Gasteiger partial charge in [0.05, 0.1) is 5.56 Å². The fourth-order valence-corrected chi connectivity index (χ4v) is 4.98. The van der Waals surface area contributed by atoms with Crippen molar-refractivity contribution >= 4 is 23.2 Å². The summed E-state index contributed by atoms with van der Waals surface area (Å²) in [6.45, 7) is 3.96. The van der Waals surface area contributed by atoms with Crippen molar-refractivity contribution in [3.63, 3.8) is 0 Å². The normalized spacial score (nSPS) is 11.8. The number of carbonyl (C=O) groups excluding carboxylic acids is 1. The Morgan fingerprint density at radius 3 is 2.49 bits per heavy atom. The number of nitrogens with zero attached hydrogens (tertiary/aromatic N) is 2. The Bertz CT molecular complexity index is 1660. The third kappa shape index (κ3) is 5.94. The Kier molecular flexibility index (Phi) is 7.33. The molecule has 0 radical (unpaired) electrons. The Morgan fingerprint density at radius 1 is 1.00 bits per heavy atom. The van der Waals surface area contributed by atoms with Gasteiger partial charge in [0.15, 0.2) is 0 Å². The molecule has 9 heteroatoms. The SMILES string of the molecule is Cc1ccc(-c2nc(-c3ccc(C[C@@H](NC(=O)c4cccc(-c5cc(C)cs5)c4)C(=O)O)cc3F)no2)cc1. The van der Waals surface area contributed by atoms with Crippen molar-refractivity contribution in [2.45, 2.75) is 26.3 Å². The molecular formula is C30H24FN3O4S. The molecular weight excluding hydrogens is 517 g/mol. The second kappa shape index (κ2) is 11.0. The van der Waals surface area contributed by atoms with Crippen LogP contribution in [0.4, 0.5) is 4.39 Å². The lowest BCUT2D eigenvalue weighted by Gasteiger charge is -2.15. The summed E-state index contributed by atoms with van der Waals surface area (Å²) in [5.74, 6) is -2.03. The second-order valence-corrected chi connectivity index (χ2v) is 10.2. The van der Waals surface area contributed by atoms with Crippen LogP contribution in [0, 0.1) is 19.7 Å². The predicted octanol–water partition coefficient (Wildman–Crippen LogP) is 6.31. The van der Waals surface area contributed by atoms with E-state index < -0.39 is 23.7 Å². The van der Waals surface area contributed by atoms with Crippen LogP contribution in [0.2, 0.25) is 0 Å². The van der Waals surface area contributed by atoms with Crippen molar-refractivity contribution in [1.29, 1.82) is 0 Å². The van der Waals surface area contributed by atoms with Gasteiger partial charge in [-0.15, -0.1) is 11.3 Å². The largest absolute Gasteiger partial charge is 0.480 e. The molecule has 2 N–H and O–H groups in total. The summed E-state index contributed by atoms with van der Waals surface area (Å²) in [5.41, 5.74) is 4.65. The zero-order valence-corrected chi connectivity index (χ0v) is 22.0. The quantitative estimate of drug-likeness (QED) is 0.238. The molecule has 0 bridgehead atoms. The summed E-state index contributed by atoms with van der Waals surface area (Å²) in [6, 6.07) is 19.6. The molecule has 7 nitrogen and oxygen atoms in total. The van der Waals surface area contributed by atoms with Gasteiger partial charge < -0.3 is 14.9 Å². The third-order valence-corrected chi connectivity index (χ3v) is 7.28. The highest BCUT2D eigenvalue weighted by Gasteiger charge is 2.23. The van der Waals surface area contributed by atoms with Crippen molar-refractivity contribution < 1.29 is 23.6 Å². The molecule has 0 aliphatic carbocycles. The van der Waals surface area contributed by atoms with E-state index in [9.17, 15) is 14.7 Å². The lowest BCUT2D eigenvalue weighted by atomic mass is 10.0. The number of aliphatic carboxylic acids is 1. The maximum atomic E-state index is 15.0. The van der Waals surface area contributed by atoms with E-state index in [1.54, 1.807) is 35.6 Å². The number of aromatic nitrogens is 2. The fourth-order valence-electron chi connectivity index (χ4n) is 4.09. The van der Waals surface area contributed by atoms with Gasteiger partial charge in [-0.25, -0.2) is 9.18 Å². The number of hydrogen-bond donors (Lipinski definition) is 2. The van der Waals surface area contributed by atoms with Crippen LogP contribution in [-0.2, 0) is 11.2 Å². The number of halogens is 1. The molecule has 0 spiro atoms. The first-order valence-corrected chi connectivity index (χ1v) is 13.0. The monoisotopic (exact) mass is 541 g/mol. The van der Waals surface area contributed by atoms with Gasteiger partial charge in [-0.2, -0.15) is 4.98 Å². The molecule has 1 amide bonds. The first-order valence-electron chi connectivity index (χ1n) is 12.2. The molecule has 0 saturated heterocycles. The van der Waals surface area contributed by atoms with Crippen LogP contribution < -0.4 is 5.32 Å². The van der Waals surface area contributed by atoms with Crippen LogP contribution in [0.15, 0.2) is 82.7 Å². The lowest BCUT2D eigenvalue weighted by molar-refractivity contribution is -0.139. The second-order valence-electron chi connectivity index (χ2n) is 9.24. The Balaban J connectivity index is 1.30. The highest BCUT2D eigenvalue weighted by Crippen LogP contribution is 2.28. The molecule has 2 aromatic heterocycles. The molecule has 39 heavy (non-hydrogen) atoms. The molecule has 0 unspecified atom stereocenters. The van der Waals surface area contributed by atoms with Gasteiger partial charge in [0.2, 0.25) is 5.82 Å². The zero-order valence-electron chi connectivity index (χ0n) is 21.1. The maximum Gasteiger partial charge on any atom is 0.326 e. The highest BCUT2D eigenvalue weighted by molar-refractivity contribution is 7.13. The van der Waals surface area contributed by atoms with E-state index in [1.807, 2.05) is 55.6 Å². The lowest BCUT2D eigenvalue weighted by Crippen LogP contribution is -2.42. The summed E-state index contributed by atoms with van der Waals surface area (Å²) in [5, 5.41) is 18.2. The number of rotatable bonds is 8. The molecule has 1 atom stereocenters. The van der Waals surface area contributed by atoms with Gasteiger partial charge in [0, 0.05) is 22.4 Å².